The Labute approximate surface area is 151 Å². The molecule has 3 rings (SSSR count). The molecule has 0 aromatic carbocycles. The predicted molar refractivity (Wildman–Crippen MR) is 89.3 cm³/mol. The lowest BCUT2D eigenvalue weighted by Gasteiger charge is -2.36. The lowest BCUT2D eigenvalue weighted by atomic mass is 9.93. The van der Waals surface area contributed by atoms with Crippen LogP contribution in [0.1, 0.15) is 18.2 Å². The van der Waals surface area contributed by atoms with Gasteiger partial charge in [-0.05, 0) is 36.1 Å². The van der Waals surface area contributed by atoms with Gasteiger partial charge in [-0.3, -0.25) is 0 Å². The van der Waals surface area contributed by atoms with Crippen molar-refractivity contribution >= 4 is 29.8 Å². The van der Waals surface area contributed by atoms with E-state index in [0.29, 0.717) is 10.4 Å². The quantitative estimate of drug-likeness (QED) is 0.610. The Bertz CT molecular complexity index is 795. The molecule has 10 heteroatoms. The molecule has 3 heterocycles. The van der Waals surface area contributed by atoms with Gasteiger partial charge in [-0.2, -0.15) is 17.6 Å². The summed E-state index contributed by atoms with van der Waals surface area (Å²) in [4.78, 5) is 7.41. The summed E-state index contributed by atoms with van der Waals surface area (Å²) in [5.74, 6) is -0.647. The van der Waals surface area contributed by atoms with Crippen molar-refractivity contribution in [3.63, 3.8) is 0 Å². The number of amidine groups is 1. The number of rotatable bonds is 2. The number of ether oxygens (including phenoxy) is 1. The van der Waals surface area contributed by atoms with Crippen molar-refractivity contribution in [2.75, 3.05) is 0 Å². The van der Waals surface area contributed by atoms with Crippen molar-refractivity contribution in [1.82, 2.24) is 4.98 Å². The third kappa shape index (κ3) is 3.87. The number of aromatic nitrogens is 1. The van der Waals surface area contributed by atoms with Crippen LogP contribution in [0, 0.1) is 5.95 Å². The Kier molecular flexibility index (Phi) is 5.29. The maximum absolute atomic E-state index is 13.8. The second-order valence-electron chi connectivity index (χ2n) is 5.60. The molecule has 0 bridgehead atoms. The van der Waals surface area contributed by atoms with Gasteiger partial charge in [0.2, 0.25) is 5.95 Å². The normalized spacial score (nSPS) is 23.4. The molecule has 0 saturated carbocycles. The van der Waals surface area contributed by atoms with E-state index in [1.54, 1.807) is 23.6 Å². The van der Waals surface area contributed by atoms with Crippen LogP contribution in [0.3, 0.4) is 0 Å². The Hall–Kier alpha value is -1.87. The molecule has 4 nitrogen and oxygen atoms in total. The van der Waals surface area contributed by atoms with E-state index in [-0.39, 0.29) is 18.0 Å². The first-order valence-electron chi connectivity index (χ1n) is 6.98. The summed E-state index contributed by atoms with van der Waals surface area (Å²) in [6.45, 7) is 1.52. The summed E-state index contributed by atoms with van der Waals surface area (Å²) in [6.07, 6.45) is -3.58. The Morgan fingerprint density at radius 3 is 2.76 bits per heavy atom. The summed E-state index contributed by atoms with van der Waals surface area (Å²) < 4.78 is 58.2. The number of alkyl halides is 3. The molecule has 25 heavy (non-hydrogen) atoms. The minimum atomic E-state index is -4.51. The van der Waals surface area contributed by atoms with Gasteiger partial charge in [-0.25, -0.2) is 9.98 Å². The number of nitrogens with zero attached hydrogens (tertiary/aromatic N) is 2. The fourth-order valence-electron chi connectivity index (χ4n) is 2.56. The fourth-order valence-corrected chi connectivity index (χ4v) is 3.58. The first kappa shape index (κ1) is 19.5. The van der Waals surface area contributed by atoms with Crippen LogP contribution in [0.15, 0.2) is 34.8 Å². The molecule has 0 saturated heterocycles. The Morgan fingerprint density at radius 1 is 1.40 bits per heavy atom. The molecule has 0 radical (unpaired) electrons. The van der Waals surface area contributed by atoms with Crippen molar-refractivity contribution in [2.45, 2.75) is 31.2 Å². The predicted octanol–water partition coefficient (Wildman–Crippen LogP) is 4.25. The SMILES string of the molecule is C[C@@]1(c2cc(-c3cccnc3F)cs2)C[C@@H](C(F)(F)F)N=C(N)O1.Cl. The molecule has 2 aromatic rings. The van der Waals surface area contributed by atoms with Crippen LogP contribution in [-0.4, -0.2) is 23.2 Å². The van der Waals surface area contributed by atoms with E-state index in [1.165, 1.54) is 24.5 Å². The average molecular weight is 396 g/mol. The van der Waals surface area contributed by atoms with Gasteiger partial charge in [0.05, 0.1) is 0 Å². The molecule has 0 spiro atoms. The molecular formula is C15H14ClF4N3OS. The van der Waals surface area contributed by atoms with Crippen molar-refractivity contribution in [2.24, 2.45) is 10.7 Å². The average Bonchev–Trinajstić information content (AvgIpc) is 2.96. The van der Waals surface area contributed by atoms with E-state index < -0.39 is 36.2 Å². The molecule has 136 valence electrons. The second kappa shape index (κ2) is 6.80. The number of aliphatic imine (C=N–C) groups is 1. The maximum Gasteiger partial charge on any atom is 0.411 e. The minimum absolute atomic E-state index is 0. The summed E-state index contributed by atoms with van der Waals surface area (Å²) in [5, 5.41) is 1.65. The van der Waals surface area contributed by atoms with Crippen LogP contribution < -0.4 is 5.73 Å². The molecule has 0 aliphatic carbocycles. The van der Waals surface area contributed by atoms with Crippen molar-refractivity contribution in [3.05, 3.63) is 40.6 Å². The highest BCUT2D eigenvalue weighted by molar-refractivity contribution is 7.10. The summed E-state index contributed by atoms with van der Waals surface area (Å²) in [7, 11) is 0. The minimum Gasteiger partial charge on any atom is -0.453 e. The molecule has 2 N–H and O–H groups in total. The van der Waals surface area contributed by atoms with E-state index in [1.807, 2.05) is 0 Å². The molecule has 1 aliphatic rings. The lowest BCUT2D eigenvalue weighted by molar-refractivity contribution is -0.163. The third-order valence-electron chi connectivity index (χ3n) is 3.76. The second-order valence-corrected chi connectivity index (χ2v) is 6.51. The van der Waals surface area contributed by atoms with Crippen LogP contribution in [-0.2, 0) is 10.3 Å². The van der Waals surface area contributed by atoms with Crippen LogP contribution in [0.2, 0.25) is 0 Å². The van der Waals surface area contributed by atoms with Crippen molar-refractivity contribution < 1.29 is 22.3 Å². The zero-order valence-corrected chi connectivity index (χ0v) is 14.5. The van der Waals surface area contributed by atoms with Gasteiger partial charge in [0.1, 0.15) is 5.60 Å². The molecule has 0 amide bonds. The molecule has 0 unspecified atom stereocenters. The van der Waals surface area contributed by atoms with Gasteiger partial charge in [0, 0.05) is 23.1 Å². The van der Waals surface area contributed by atoms with Crippen molar-refractivity contribution in [3.8, 4) is 11.1 Å². The smallest absolute Gasteiger partial charge is 0.411 e. The highest BCUT2D eigenvalue weighted by atomic mass is 35.5. The highest BCUT2D eigenvalue weighted by Gasteiger charge is 2.49. The van der Waals surface area contributed by atoms with Crippen LogP contribution in [0.5, 0.6) is 0 Å². The number of thiophene rings is 1. The Morgan fingerprint density at radius 2 is 2.12 bits per heavy atom. The van der Waals surface area contributed by atoms with Crippen LogP contribution >= 0.6 is 23.7 Å². The lowest BCUT2D eigenvalue weighted by Crippen LogP contribution is -2.45. The van der Waals surface area contributed by atoms with E-state index in [0.717, 1.165) is 0 Å². The van der Waals surface area contributed by atoms with Crippen LogP contribution in [0.4, 0.5) is 17.6 Å². The first-order chi connectivity index (χ1) is 11.2. The van der Waals surface area contributed by atoms with E-state index >= 15 is 0 Å². The Balaban J connectivity index is 0.00000225. The van der Waals surface area contributed by atoms with E-state index in [4.69, 9.17) is 10.5 Å². The third-order valence-corrected chi connectivity index (χ3v) is 4.94. The topological polar surface area (TPSA) is 60.5 Å². The standard InChI is InChI=1S/C15H13F4N3OS.ClH/c1-14(6-10(15(17,18)19)22-13(20)23-14)11-5-8(7-24-11)9-3-2-4-21-12(9)16;/h2-5,7,10H,6H2,1H3,(H2,20,22);1H/t10-,14-;/m0./s1. The number of halogens is 5. The molecule has 0 fully saturated rings. The number of hydrogen-bond acceptors (Lipinski definition) is 5. The number of pyridine rings is 1. The first-order valence-corrected chi connectivity index (χ1v) is 7.86. The number of hydrogen-bond donors (Lipinski definition) is 1. The van der Waals surface area contributed by atoms with Crippen molar-refractivity contribution in [1.29, 1.82) is 0 Å². The summed E-state index contributed by atoms with van der Waals surface area (Å²) in [5.41, 5.74) is 4.95. The van der Waals surface area contributed by atoms with Gasteiger partial charge < -0.3 is 10.5 Å². The largest absolute Gasteiger partial charge is 0.453 e. The maximum atomic E-state index is 13.8. The molecular weight excluding hydrogens is 382 g/mol. The van der Waals surface area contributed by atoms with E-state index in [2.05, 4.69) is 9.98 Å². The molecule has 1 aliphatic heterocycles. The van der Waals surface area contributed by atoms with Gasteiger partial charge >= 0.3 is 6.18 Å². The van der Waals surface area contributed by atoms with Crippen LogP contribution in [0.25, 0.3) is 11.1 Å². The van der Waals surface area contributed by atoms with Gasteiger partial charge in [0.15, 0.2) is 6.04 Å². The van der Waals surface area contributed by atoms with Gasteiger partial charge in [0.25, 0.3) is 6.02 Å². The summed E-state index contributed by atoms with van der Waals surface area (Å²) in [6, 6.07) is 2.29. The summed E-state index contributed by atoms with van der Waals surface area (Å²) >= 11 is 1.18. The molecule has 2 aromatic heterocycles. The highest BCUT2D eigenvalue weighted by Crippen LogP contribution is 2.43. The molecule has 2 atom stereocenters. The monoisotopic (exact) mass is 395 g/mol. The van der Waals surface area contributed by atoms with E-state index in [9.17, 15) is 17.6 Å². The zero-order valence-electron chi connectivity index (χ0n) is 12.9. The number of nitrogens with two attached hydrogens (primary N) is 1. The fraction of sp³-hybridized carbons (Fsp3) is 0.333. The van der Waals surface area contributed by atoms with Gasteiger partial charge in [-0.15, -0.1) is 23.7 Å². The van der Waals surface area contributed by atoms with Gasteiger partial charge in [-0.1, -0.05) is 0 Å². The zero-order chi connectivity index (χ0) is 17.5.